The van der Waals surface area contributed by atoms with Crippen molar-refractivity contribution in [1.29, 1.82) is 0 Å². The summed E-state index contributed by atoms with van der Waals surface area (Å²) in [7, 11) is 1.65. The van der Waals surface area contributed by atoms with Crippen LogP contribution < -0.4 is 15.0 Å². The molecule has 1 heterocycles. The summed E-state index contributed by atoms with van der Waals surface area (Å²) in [5.74, 6) is 2.33. The van der Waals surface area contributed by atoms with Crippen LogP contribution >= 0.6 is 0 Å². The molecular weight excluding hydrogens is 354 g/mol. The summed E-state index contributed by atoms with van der Waals surface area (Å²) in [5, 5.41) is 0.621. The van der Waals surface area contributed by atoms with Crippen LogP contribution in [0.4, 0.5) is 0 Å². The maximum Gasteiger partial charge on any atom is 0.258 e. The minimum atomic E-state index is -0.0906. The van der Waals surface area contributed by atoms with Gasteiger partial charge in [-0.2, -0.15) is 0 Å². The van der Waals surface area contributed by atoms with E-state index in [9.17, 15) is 4.79 Å². The molecule has 148 valence electrons. The molecule has 3 aromatic rings. The molecule has 0 saturated carbocycles. The number of nitrogens with one attached hydrogen (secondary N) is 1. The third-order valence-corrected chi connectivity index (χ3v) is 4.66. The largest absolute Gasteiger partial charge is 0.497 e. The molecule has 0 aliphatic carbocycles. The highest BCUT2D eigenvalue weighted by Crippen LogP contribution is 2.17. The Bertz CT molecular complexity index is 951. The summed E-state index contributed by atoms with van der Waals surface area (Å²) in [4.78, 5) is 22.1. The fourth-order valence-electron chi connectivity index (χ4n) is 3.05. The Morgan fingerprint density at radius 3 is 2.50 bits per heavy atom. The number of para-hydroxylation sites is 1. The highest BCUT2D eigenvalue weighted by Gasteiger charge is 2.13. The molecule has 0 bridgehead atoms. The van der Waals surface area contributed by atoms with E-state index in [1.54, 1.807) is 13.2 Å². The molecular formula is C22H27N3O3. The van der Waals surface area contributed by atoms with Gasteiger partial charge in [0.25, 0.3) is 5.56 Å². The van der Waals surface area contributed by atoms with Gasteiger partial charge >= 0.3 is 0 Å². The Labute approximate surface area is 165 Å². The Balaban J connectivity index is 1.57. The zero-order valence-corrected chi connectivity index (χ0v) is 16.6. The standard InChI is InChI=1S/C22H27N3O3/c1-16(2)25(13-6-14-28-18-11-9-17(27-3)10-12-18)15-21-23-20-8-5-4-7-19(20)22(26)24-21/h4-5,7-12,16H,6,13-15H2,1-3H3,(H,23,24,26). The summed E-state index contributed by atoms with van der Waals surface area (Å²) < 4.78 is 11.0. The average molecular weight is 381 g/mol. The number of hydrogen-bond donors (Lipinski definition) is 1. The number of benzene rings is 2. The molecule has 0 spiro atoms. The minimum absolute atomic E-state index is 0.0906. The lowest BCUT2D eigenvalue weighted by atomic mass is 10.2. The maximum atomic E-state index is 12.3. The SMILES string of the molecule is COc1ccc(OCCCN(Cc2nc3ccccc3c(=O)[nH]2)C(C)C)cc1. The molecule has 28 heavy (non-hydrogen) atoms. The van der Waals surface area contributed by atoms with Crippen LogP contribution in [0.3, 0.4) is 0 Å². The summed E-state index contributed by atoms with van der Waals surface area (Å²) in [6.45, 7) is 6.36. The fourth-order valence-corrected chi connectivity index (χ4v) is 3.05. The molecule has 3 rings (SSSR count). The van der Waals surface area contributed by atoms with Gasteiger partial charge in [-0.3, -0.25) is 9.69 Å². The van der Waals surface area contributed by atoms with Crippen LogP contribution in [-0.4, -0.2) is 41.2 Å². The molecule has 0 aliphatic heterocycles. The molecule has 1 aromatic heterocycles. The van der Waals surface area contributed by atoms with Crippen LogP contribution in [0.25, 0.3) is 10.9 Å². The van der Waals surface area contributed by atoms with Crippen LogP contribution in [-0.2, 0) is 6.54 Å². The maximum absolute atomic E-state index is 12.3. The lowest BCUT2D eigenvalue weighted by Crippen LogP contribution is -2.33. The Kier molecular flexibility index (Phi) is 6.66. The second kappa shape index (κ2) is 9.37. The van der Waals surface area contributed by atoms with Gasteiger partial charge in [0.05, 0.1) is 31.2 Å². The number of fused-ring (bicyclic) bond motifs is 1. The average Bonchev–Trinajstić information content (AvgIpc) is 2.70. The molecule has 2 aromatic carbocycles. The zero-order valence-electron chi connectivity index (χ0n) is 16.6. The van der Waals surface area contributed by atoms with E-state index in [1.807, 2.05) is 42.5 Å². The monoisotopic (exact) mass is 381 g/mol. The summed E-state index contributed by atoms with van der Waals surface area (Å²) >= 11 is 0. The second-order valence-electron chi connectivity index (χ2n) is 6.97. The molecule has 0 atom stereocenters. The Morgan fingerprint density at radius 2 is 1.79 bits per heavy atom. The van der Waals surface area contributed by atoms with Crippen molar-refractivity contribution in [3.63, 3.8) is 0 Å². The first-order valence-corrected chi connectivity index (χ1v) is 9.55. The molecule has 1 N–H and O–H groups in total. The number of rotatable bonds is 9. The van der Waals surface area contributed by atoms with Crippen molar-refractivity contribution in [2.45, 2.75) is 32.9 Å². The van der Waals surface area contributed by atoms with Gasteiger partial charge in [0.15, 0.2) is 0 Å². The number of ether oxygens (including phenoxy) is 2. The van der Waals surface area contributed by atoms with E-state index in [0.717, 1.165) is 30.0 Å². The summed E-state index contributed by atoms with van der Waals surface area (Å²) in [5.41, 5.74) is 0.639. The van der Waals surface area contributed by atoms with E-state index < -0.39 is 0 Å². The molecule has 6 nitrogen and oxygen atoms in total. The van der Waals surface area contributed by atoms with Crippen LogP contribution in [0.1, 0.15) is 26.1 Å². The smallest absolute Gasteiger partial charge is 0.258 e. The molecule has 6 heteroatoms. The summed E-state index contributed by atoms with van der Waals surface area (Å²) in [6, 6.07) is 15.3. The van der Waals surface area contributed by atoms with E-state index >= 15 is 0 Å². The first kappa shape index (κ1) is 19.9. The molecule has 0 aliphatic rings. The van der Waals surface area contributed by atoms with Crippen LogP contribution in [0, 0.1) is 0 Å². The van der Waals surface area contributed by atoms with E-state index in [1.165, 1.54) is 0 Å². The quantitative estimate of drug-likeness (QED) is 0.574. The molecule has 0 fully saturated rings. The van der Waals surface area contributed by atoms with Crippen LogP contribution in [0.2, 0.25) is 0 Å². The minimum Gasteiger partial charge on any atom is -0.497 e. The molecule has 0 amide bonds. The molecule has 0 unspecified atom stereocenters. The number of H-pyrrole nitrogens is 1. The molecule has 0 radical (unpaired) electrons. The van der Waals surface area contributed by atoms with Crippen molar-refractivity contribution in [3.05, 3.63) is 64.7 Å². The summed E-state index contributed by atoms with van der Waals surface area (Å²) in [6.07, 6.45) is 0.877. The van der Waals surface area contributed by atoms with Crippen molar-refractivity contribution in [2.75, 3.05) is 20.3 Å². The highest BCUT2D eigenvalue weighted by atomic mass is 16.5. The Hall–Kier alpha value is -2.86. The lowest BCUT2D eigenvalue weighted by molar-refractivity contribution is 0.186. The predicted molar refractivity (Wildman–Crippen MR) is 111 cm³/mol. The van der Waals surface area contributed by atoms with E-state index in [0.29, 0.717) is 30.4 Å². The van der Waals surface area contributed by atoms with Gasteiger partial charge in [-0.05, 0) is 56.7 Å². The lowest BCUT2D eigenvalue weighted by Gasteiger charge is -2.26. The normalized spacial score (nSPS) is 11.3. The number of aromatic nitrogens is 2. The number of aromatic amines is 1. The van der Waals surface area contributed by atoms with Crippen molar-refractivity contribution < 1.29 is 9.47 Å². The molecule has 0 saturated heterocycles. The van der Waals surface area contributed by atoms with Crippen molar-refractivity contribution >= 4 is 10.9 Å². The fraction of sp³-hybridized carbons (Fsp3) is 0.364. The van der Waals surface area contributed by atoms with Gasteiger partial charge in [-0.25, -0.2) is 4.98 Å². The third kappa shape index (κ3) is 5.10. The number of methoxy groups -OCH3 is 1. The third-order valence-electron chi connectivity index (χ3n) is 4.66. The van der Waals surface area contributed by atoms with Crippen LogP contribution in [0.5, 0.6) is 11.5 Å². The van der Waals surface area contributed by atoms with Crippen molar-refractivity contribution in [3.8, 4) is 11.5 Å². The van der Waals surface area contributed by atoms with Crippen molar-refractivity contribution in [1.82, 2.24) is 14.9 Å². The van der Waals surface area contributed by atoms with Gasteiger partial charge in [0, 0.05) is 12.6 Å². The first-order chi connectivity index (χ1) is 13.6. The van der Waals surface area contributed by atoms with Crippen molar-refractivity contribution in [2.24, 2.45) is 0 Å². The topological polar surface area (TPSA) is 67.5 Å². The van der Waals surface area contributed by atoms with Gasteiger partial charge < -0.3 is 14.5 Å². The van der Waals surface area contributed by atoms with E-state index in [4.69, 9.17) is 9.47 Å². The zero-order chi connectivity index (χ0) is 19.9. The van der Waals surface area contributed by atoms with E-state index in [2.05, 4.69) is 28.7 Å². The second-order valence-corrected chi connectivity index (χ2v) is 6.97. The van der Waals surface area contributed by atoms with Gasteiger partial charge in [-0.1, -0.05) is 12.1 Å². The Morgan fingerprint density at radius 1 is 1.07 bits per heavy atom. The number of nitrogens with zero attached hydrogens (tertiary/aromatic N) is 2. The van der Waals surface area contributed by atoms with Gasteiger partial charge in [0.2, 0.25) is 0 Å². The van der Waals surface area contributed by atoms with Gasteiger partial charge in [-0.15, -0.1) is 0 Å². The number of hydrogen-bond acceptors (Lipinski definition) is 5. The van der Waals surface area contributed by atoms with Crippen LogP contribution in [0.15, 0.2) is 53.3 Å². The highest BCUT2D eigenvalue weighted by molar-refractivity contribution is 5.77. The predicted octanol–water partition coefficient (Wildman–Crippen LogP) is 3.61. The first-order valence-electron chi connectivity index (χ1n) is 9.55. The van der Waals surface area contributed by atoms with E-state index in [-0.39, 0.29) is 5.56 Å². The van der Waals surface area contributed by atoms with Gasteiger partial charge in [0.1, 0.15) is 17.3 Å².